The molecule has 0 fully saturated rings. The van der Waals surface area contributed by atoms with E-state index >= 15 is 0 Å². The number of thioether (sulfide) groups is 1. The Labute approximate surface area is 183 Å². The Morgan fingerprint density at radius 1 is 1.15 bits per heavy atom. The topological polar surface area (TPSA) is 66.9 Å². The summed E-state index contributed by atoms with van der Waals surface area (Å²) in [6.07, 6.45) is 0.937. The average Bonchev–Trinajstić information content (AvgIpc) is 3.30. The van der Waals surface area contributed by atoms with Gasteiger partial charge in [0.1, 0.15) is 0 Å². The Morgan fingerprint density at radius 2 is 1.96 bits per heavy atom. The maximum Gasteiger partial charge on any atom is 0.234 e. The van der Waals surface area contributed by atoms with E-state index in [-0.39, 0.29) is 11.7 Å². The summed E-state index contributed by atoms with van der Waals surface area (Å²) in [5.41, 5.74) is 0.421. The predicted molar refractivity (Wildman–Crippen MR) is 117 cm³/mol. The highest BCUT2D eigenvalue weighted by Crippen LogP contribution is 2.32. The number of halogens is 3. The number of hydrogen-bond acceptors (Lipinski definition) is 7. The number of nitrogens with one attached hydrogen (secondary N) is 2. The number of carbonyl (C=O) groups is 1. The van der Waals surface area contributed by atoms with Crippen molar-refractivity contribution >= 4 is 86.0 Å². The highest BCUT2D eigenvalue weighted by molar-refractivity contribution is 8.01. The van der Waals surface area contributed by atoms with Gasteiger partial charge in [-0.1, -0.05) is 64.0 Å². The van der Waals surface area contributed by atoms with Gasteiger partial charge in [0.25, 0.3) is 0 Å². The molecule has 0 spiro atoms. The van der Waals surface area contributed by atoms with Gasteiger partial charge < -0.3 is 10.6 Å². The van der Waals surface area contributed by atoms with Crippen molar-refractivity contribution in [2.75, 3.05) is 22.9 Å². The lowest BCUT2D eigenvalue weighted by Crippen LogP contribution is -2.14. The van der Waals surface area contributed by atoms with Crippen molar-refractivity contribution in [1.82, 2.24) is 10.2 Å². The van der Waals surface area contributed by atoms with Gasteiger partial charge in [0.2, 0.25) is 11.0 Å². The minimum atomic E-state index is -0.220. The first kappa shape index (κ1) is 20.7. The molecule has 0 atom stereocenters. The van der Waals surface area contributed by atoms with Crippen molar-refractivity contribution in [3.8, 4) is 0 Å². The summed E-state index contributed by atoms with van der Waals surface area (Å²) < 4.78 is 0.712. The van der Waals surface area contributed by atoms with Gasteiger partial charge in [0.05, 0.1) is 26.5 Å². The molecule has 1 amide bonds. The molecule has 0 saturated carbocycles. The third-order valence-electron chi connectivity index (χ3n) is 3.24. The van der Waals surface area contributed by atoms with Crippen LogP contribution in [0.1, 0.15) is 4.88 Å². The monoisotopic (exact) mass is 478 g/mol. The Kier molecular flexibility index (Phi) is 7.63. The zero-order valence-corrected chi connectivity index (χ0v) is 18.4. The Bertz CT molecular complexity index is 918. The van der Waals surface area contributed by atoms with Crippen LogP contribution in [0, 0.1) is 0 Å². The molecule has 11 heteroatoms. The average molecular weight is 480 g/mol. The van der Waals surface area contributed by atoms with E-state index in [1.54, 1.807) is 11.3 Å². The van der Waals surface area contributed by atoms with E-state index in [1.165, 1.54) is 40.1 Å². The number of nitrogens with zero attached hydrogens (tertiary/aromatic N) is 2. The van der Waals surface area contributed by atoms with Crippen molar-refractivity contribution in [2.24, 2.45) is 0 Å². The van der Waals surface area contributed by atoms with Gasteiger partial charge in [-0.25, -0.2) is 0 Å². The molecule has 0 aliphatic heterocycles. The van der Waals surface area contributed by atoms with Crippen LogP contribution in [0.5, 0.6) is 0 Å². The largest absolute Gasteiger partial charge is 0.360 e. The van der Waals surface area contributed by atoms with Gasteiger partial charge in [-0.2, -0.15) is 0 Å². The summed E-state index contributed by atoms with van der Waals surface area (Å²) in [6, 6.07) is 7.16. The molecule has 2 N–H and O–H groups in total. The molecule has 142 valence electrons. The molecule has 0 unspecified atom stereocenters. The molecule has 5 nitrogen and oxygen atoms in total. The second-order valence-electron chi connectivity index (χ2n) is 5.21. The first-order valence-corrected chi connectivity index (χ1v) is 11.5. The van der Waals surface area contributed by atoms with Crippen LogP contribution in [0.15, 0.2) is 34.0 Å². The number of aromatic nitrogens is 2. The summed E-state index contributed by atoms with van der Waals surface area (Å²) in [6.45, 7) is 0.788. The number of amides is 1. The van der Waals surface area contributed by atoms with Crippen LogP contribution in [0.4, 0.5) is 10.8 Å². The molecule has 0 radical (unpaired) electrons. The summed E-state index contributed by atoms with van der Waals surface area (Å²) in [5, 5.41) is 17.9. The van der Waals surface area contributed by atoms with Crippen LogP contribution in [0.2, 0.25) is 15.1 Å². The standard InChI is InChI=1S/C16H13Cl3N4OS3/c17-10-6-12(19)13(7-11(10)18)21-14(24)8-26-16-23-22-15(27-16)20-4-3-9-2-1-5-25-9/h1-2,5-7H,3-4,8H2,(H,20,22)(H,21,24). The van der Waals surface area contributed by atoms with Crippen LogP contribution in [0.25, 0.3) is 0 Å². The molecule has 0 aliphatic carbocycles. The van der Waals surface area contributed by atoms with Crippen LogP contribution < -0.4 is 10.6 Å². The molecular formula is C16H13Cl3N4OS3. The van der Waals surface area contributed by atoms with E-state index in [4.69, 9.17) is 34.8 Å². The van der Waals surface area contributed by atoms with Crippen molar-refractivity contribution in [1.29, 1.82) is 0 Å². The van der Waals surface area contributed by atoms with E-state index in [0.29, 0.717) is 25.1 Å². The van der Waals surface area contributed by atoms with E-state index < -0.39 is 0 Å². The van der Waals surface area contributed by atoms with E-state index in [0.717, 1.165) is 18.1 Å². The molecule has 2 aromatic heterocycles. The van der Waals surface area contributed by atoms with Gasteiger partial charge in [0.15, 0.2) is 4.34 Å². The summed E-state index contributed by atoms with van der Waals surface area (Å²) >= 11 is 22.3. The molecule has 2 heterocycles. The summed E-state index contributed by atoms with van der Waals surface area (Å²) in [5.74, 6) is -0.0388. The van der Waals surface area contributed by atoms with Crippen molar-refractivity contribution in [3.05, 3.63) is 49.6 Å². The second-order valence-corrected chi connectivity index (χ2v) is 9.67. The third-order valence-corrected chi connectivity index (χ3v) is 7.23. The smallest absolute Gasteiger partial charge is 0.234 e. The molecule has 3 rings (SSSR count). The quantitative estimate of drug-likeness (QED) is 0.309. The molecule has 1 aromatic carbocycles. The normalized spacial score (nSPS) is 10.8. The lowest BCUT2D eigenvalue weighted by molar-refractivity contribution is -0.113. The fourth-order valence-electron chi connectivity index (χ4n) is 2.02. The molecular weight excluding hydrogens is 467 g/mol. The number of rotatable bonds is 8. The van der Waals surface area contributed by atoms with E-state index in [1.807, 2.05) is 6.07 Å². The number of thiophene rings is 1. The van der Waals surface area contributed by atoms with Crippen molar-refractivity contribution in [2.45, 2.75) is 10.8 Å². The van der Waals surface area contributed by atoms with Gasteiger partial charge >= 0.3 is 0 Å². The number of carbonyl (C=O) groups excluding carboxylic acids is 1. The predicted octanol–water partition coefficient (Wildman–Crippen LogP) is 5.95. The zero-order chi connectivity index (χ0) is 19.2. The Balaban J connectivity index is 1.45. The molecule has 3 aromatic rings. The minimum Gasteiger partial charge on any atom is -0.360 e. The van der Waals surface area contributed by atoms with Crippen molar-refractivity contribution < 1.29 is 4.79 Å². The fraction of sp³-hybridized carbons (Fsp3) is 0.188. The Hall–Kier alpha value is -1.03. The van der Waals surface area contributed by atoms with Gasteiger partial charge in [-0.3, -0.25) is 4.79 Å². The Morgan fingerprint density at radius 3 is 2.74 bits per heavy atom. The lowest BCUT2D eigenvalue weighted by atomic mass is 10.3. The molecule has 0 saturated heterocycles. The van der Waals surface area contributed by atoms with Crippen molar-refractivity contribution in [3.63, 3.8) is 0 Å². The third kappa shape index (κ3) is 6.23. The van der Waals surface area contributed by atoms with Crippen LogP contribution in [0.3, 0.4) is 0 Å². The van der Waals surface area contributed by atoms with Crippen LogP contribution in [-0.4, -0.2) is 28.4 Å². The fourth-order valence-corrected chi connectivity index (χ4v) is 4.90. The SMILES string of the molecule is O=C(CSc1nnc(NCCc2cccs2)s1)Nc1cc(Cl)c(Cl)cc1Cl. The first-order valence-electron chi connectivity index (χ1n) is 7.68. The highest BCUT2D eigenvalue weighted by Gasteiger charge is 2.12. The van der Waals surface area contributed by atoms with Crippen LogP contribution >= 0.6 is 69.2 Å². The number of benzene rings is 1. The summed E-state index contributed by atoms with van der Waals surface area (Å²) in [7, 11) is 0. The number of anilines is 2. The van der Waals surface area contributed by atoms with Gasteiger partial charge in [-0.15, -0.1) is 21.5 Å². The maximum atomic E-state index is 12.1. The molecule has 27 heavy (non-hydrogen) atoms. The van der Waals surface area contributed by atoms with E-state index in [2.05, 4.69) is 32.3 Å². The zero-order valence-electron chi connectivity index (χ0n) is 13.7. The number of hydrogen-bond donors (Lipinski definition) is 2. The second kappa shape index (κ2) is 9.95. The first-order chi connectivity index (χ1) is 13.0. The minimum absolute atomic E-state index is 0.181. The maximum absolute atomic E-state index is 12.1. The molecule has 0 aliphatic rings. The van der Waals surface area contributed by atoms with Crippen LogP contribution in [-0.2, 0) is 11.2 Å². The summed E-state index contributed by atoms with van der Waals surface area (Å²) in [4.78, 5) is 13.4. The van der Waals surface area contributed by atoms with E-state index in [9.17, 15) is 4.79 Å². The van der Waals surface area contributed by atoms with Gasteiger partial charge in [0, 0.05) is 11.4 Å². The lowest BCUT2D eigenvalue weighted by Gasteiger charge is -2.08. The highest BCUT2D eigenvalue weighted by atomic mass is 35.5. The van der Waals surface area contributed by atoms with Gasteiger partial charge in [-0.05, 0) is 30.0 Å². The molecule has 0 bridgehead atoms.